The van der Waals surface area contributed by atoms with Gasteiger partial charge in [0.05, 0.1) is 0 Å². The first-order valence-corrected chi connectivity index (χ1v) is 6.44. The van der Waals surface area contributed by atoms with Gasteiger partial charge >= 0.3 is 11.9 Å². The summed E-state index contributed by atoms with van der Waals surface area (Å²) in [6, 6.07) is 9.64. The highest BCUT2D eigenvalue weighted by atomic mass is 16.6. The number of esters is 2. The Hall–Kier alpha value is -1.84. The Morgan fingerprint density at radius 1 is 1.16 bits per heavy atom. The predicted molar refractivity (Wildman–Crippen MR) is 69.3 cm³/mol. The van der Waals surface area contributed by atoms with Gasteiger partial charge in [-0.25, -0.2) is 0 Å². The SMILES string of the molecule is CC(=O)OC1CCC(OC(C)=O)(c2ccccc2)C1. The van der Waals surface area contributed by atoms with Crippen LogP contribution in [0.3, 0.4) is 0 Å². The van der Waals surface area contributed by atoms with Gasteiger partial charge in [-0.2, -0.15) is 0 Å². The van der Waals surface area contributed by atoms with Crippen molar-refractivity contribution in [2.45, 2.75) is 44.8 Å². The van der Waals surface area contributed by atoms with Crippen LogP contribution < -0.4 is 0 Å². The van der Waals surface area contributed by atoms with Gasteiger partial charge in [0, 0.05) is 20.3 Å². The second-order valence-electron chi connectivity index (χ2n) is 4.93. The van der Waals surface area contributed by atoms with Crippen molar-refractivity contribution < 1.29 is 19.1 Å². The molecule has 0 aliphatic heterocycles. The number of hydrogen-bond donors (Lipinski definition) is 0. The Balaban J connectivity index is 2.23. The Labute approximate surface area is 112 Å². The maximum Gasteiger partial charge on any atom is 0.303 e. The molecule has 2 rings (SSSR count). The summed E-state index contributed by atoms with van der Waals surface area (Å²) < 4.78 is 10.8. The van der Waals surface area contributed by atoms with Crippen LogP contribution in [-0.2, 0) is 24.7 Å². The third-order valence-electron chi connectivity index (χ3n) is 3.40. The molecule has 1 aromatic rings. The maximum absolute atomic E-state index is 11.4. The summed E-state index contributed by atoms with van der Waals surface area (Å²) in [6.45, 7) is 2.80. The Morgan fingerprint density at radius 3 is 2.42 bits per heavy atom. The van der Waals surface area contributed by atoms with Crippen molar-refractivity contribution in [3.8, 4) is 0 Å². The smallest absolute Gasteiger partial charge is 0.303 e. The van der Waals surface area contributed by atoms with Crippen LogP contribution in [0, 0.1) is 0 Å². The fraction of sp³-hybridized carbons (Fsp3) is 0.467. The zero-order valence-corrected chi connectivity index (χ0v) is 11.2. The number of rotatable bonds is 3. The monoisotopic (exact) mass is 262 g/mol. The van der Waals surface area contributed by atoms with E-state index in [0.29, 0.717) is 19.3 Å². The van der Waals surface area contributed by atoms with Crippen LogP contribution in [0.4, 0.5) is 0 Å². The van der Waals surface area contributed by atoms with Gasteiger partial charge in [-0.05, 0) is 18.4 Å². The molecule has 0 saturated heterocycles. The maximum atomic E-state index is 11.4. The van der Waals surface area contributed by atoms with E-state index in [2.05, 4.69) is 0 Å². The zero-order valence-electron chi connectivity index (χ0n) is 11.2. The normalized spacial score (nSPS) is 25.9. The highest BCUT2D eigenvalue weighted by Gasteiger charge is 2.44. The lowest BCUT2D eigenvalue weighted by molar-refractivity contribution is -0.159. The second-order valence-corrected chi connectivity index (χ2v) is 4.93. The number of hydrogen-bond acceptors (Lipinski definition) is 4. The Kier molecular flexibility index (Phi) is 3.88. The molecule has 102 valence electrons. The van der Waals surface area contributed by atoms with Crippen LogP contribution in [0.15, 0.2) is 30.3 Å². The van der Waals surface area contributed by atoms with Gasteiger partial charge in [0.15, 0.2) is 0 Å². The fourth-order valence-electron chi connectivity index (χ4n) is 2.73. The average molecular weight is 262 g/mol. The van der Waals surface area contributed by atoms with Gasteiger partial charge in [0.25, 0.3) is 0 Å². The third-order valence-corrected chi connectivity index (χ3v) is 3.40. The summed E-state index contributed by atoms with van der Waals surface area (Å²) in [5, 5.41) is 0. The van der Waals surface area contributed by atoms with Gasteiger partial charge in [0.2, 0.25) is 0 Å². The third kappa shape index (κ3) is 3.13. The largest absolute Gasteiger partial charge is 0.462 e. The molecule has 2 unspecified atom stereocenters. The molecule has 0 radical (unpaired) electrons. The molecule has 4 heteroatoms. The second kappa shape index (κ2) is 5.43. The first kappa shape index (κ1) is 13.6. The van der Waals surface area contributed by atoms with Gasteiger partial charge in [-0.1, -0.05) is 30.3 Å². The molecule has 1 aliphatic rings. The topological polar surface area (TPSA) is 52.6 Å². The van der Waals surface area contributed by atoms with Gasteiger partial charge in [-0.15, -0.1) is 0 Å². The Morgan fingerprint density at radius 2 is 1.84 bits per heavy atom. The van der Waals surface area contributed by atoms with E-state index in [4.69, 9.17) is 9.47 Å². The molecule has 19 heavy (non-hydrogen) atoms. The lowest BCUT2D eigenvalue weighted by Gasteiger charge is -2.29. The molecule has 1 aromatic carbocycles. The minimum Gasteiger partial charge on any atom is -0.462 e. The molecule has 2 atom stereocenters. The summed E-state index contributed by atoms with van der Waals surface area (Å²) in [4.78, 5) is 22.4. The quantitative estimate of drug-likeness (QED) is 0.786. The molecule has 0 amide bonds. The minimum absolute atomic E-state index is 0.183. The predicted octanol–water partition coefficient (Wildman–Crippen LogP) is 2.56. The molecule has 0 spiro atoms. The molecule has 4 nitrogen and oxygen atoms in total. The van der Waals surface area contributed by atoms with Gasteiger partial charge in [0.1, 0.15) is 11.7 Å². The van der Waals surface area contributed by atoms with E-state index < -0.39 is 5.60 Å². The van der Waals surface area contributed by atoms with Crippen LogP contribution in [-0.4, -0.2) is 18.0 Å². The molecule has 0 aromatic heterocycles. The fourth-order valence-corrected chi connectivity index (χ4v) is 2.73. The average Bonchev–Trinajstić information content (AvgIpc) is 2.73. The lowest BCUT2D eigenvalue weighted by Crippen LogP contribution is -2.30. The molecule has 0 N–H and O–H groups in total. The van der Waals surface area contributed by atoms with Crippen LogP contribution >= 0.6 is 0 Å². The van der Waals surface area contributed by atoms with E-state index in [0.717, 1.165) is 5.56 Å². The highest BCUT2D eigenvalue weighted by Crippen LogP contribution is 2.43. The van der Waals surface area contributed by atoms with Crippen molar-refractivity contribution in [3.05, 3.63) is 35.9 Å². The molecule has 1 saturated carbocycles. The minimum atomic E-state index is -0.660. The van der Waals surface area contributed by atoms with E-state index >= 15 is 0 Å². The molecule has 1 fully saturated rings. The molecule has 1 aliphatic carbocycles. The van der Waals surface area contributed by atoms with Crippen LogP contribution in [0.5, 0.6) is 0 Å². The van der Waals surface area contributed by atoms with Crippen molar-refractivity contribution in [2.75, 3.05) is 0 Å². The van der Waals surface area contributed by atoms with E-state index in [1.54, 1.807) is 0 Å². The number of ether oxygens (including phenoxy) is 2. The van der Waals surface area contributed by atoms with Crippen molar-refractivity contribution in [1.82, 2.24) is 0 Å². The van der Waals surface area contributed by atoms with Crippen molar-refractivity contribution in [1.29, 1.82) is 0 Å². The van der Waals surface area contributed by atoms with Crippen LogP contribution in [0.2, 0.25) is 0 Å². The molecular weight excluding hydrogens is 244 g/mol. The molecule has 0 heterocycles. The number of carbonyl (C=O) groups excluding carboxylic acids is 2. The van der Waals surface area contributed by atoms with E-state index in [1.807, 2.05) is 30.3 Å². The van der Waals surface area contributed by atoms with E-state index in [-0.39, 0.29) is 18.0 Å². The van der Waals surface area contributed by atoms with E-state index in [1.165, 1.54) is 13.8 Å². The zero-order chi connectivity index (χ0) is 13.9. The van der Waals surface area contributed by atoms with Crippen LogP contribution in [0.25, 0.3) is 0 Å². The van der Waals surface area contributed by atoms with Crippen molar-refractivity contribution in [3.63, 3.8) is 0 Å². The summed E-state index contributed by atoms with van der Waals surface area (Å²) in [7, 11) is 0. The van der Waals surface area contributed by atoms with Crippen molar-refractivity contribution in [2.24, 2.45) is 0 Å². The first-order valence-electron chi connectivity index (χ1n) is 6.44. The Bertz CT molecular complexity index is 468. The summed E-state index contributed by atoms with van der Waals surface area (Å²) in [6.07, 6.45) is 1.73. The molecular formula is C15H18O4. The highest BCUT2D eigenvalue weighted by molar-refractivity contribution is 5.67. The summed E-state index contributed by atoms with van der Waals surface area (Å²) in [5.41, 5.74) is 0.299. The summed E-state index contributed by atoms with van der Waals surface area (Å²) >= 11 is 0. The summed E-state index contributed by atoms with van der Waals surface area (Å²) in [5.74, 6) is -0.607. The number of carbonyl (C=O) groups is 2. The van der Waals surface area contributed by atoms with Gasteiger partial charge < -0.3 is 9.47 Å². The van der Waals surface area contributed by atoms with Crippen LogP contribution in [0.1, 0.15) is 38.7 Å². The number of benzene rings is 1. The lowest BCUT2D eigenvalue weighted by atomic mass is 9.92. The van der Waals surface area contributed by atoms with E-state index in [9.17, 15) is 9.59 Å². The van der Waals surface area contributed by atoms with Crippen molar-refractivity contribution >= 4 is 11.9 Å². The van der Waals surface area contributed by atoms with Gasteiger partial charge in [-0.3, -0.25) is 9.59 Å². The standard InChI is InChI=1S/C15H18O4/c1-11(16)18-14-8-9-15(10-14,19-12(2)17)13-6-4-3-5-7-13/h3-7,14H,8-10H2,1-2H3. The first-order chi connectivity index (χ1) is 9.02. The molecule has 0 bridgehead atoms.